The van der Waals surface area contributed by atoms with Crippen molar-refractivity contribution in [3.8, 4) is 50.5 Å². The molecule has 2 aromatic heterocycles. The minimum absolute atomic E-state index is 0.853. The third kappa shape index (κ3) is 7.40. The highest BCUT2D eigenvalue weighted by Gasteiger charge is 2.22. The topological polar surface area (TPSA) is 19.1 Å². The molecule has 0 fully saturated rings. The van der Waals surface area contributed by atoms with Crippen LogP contribution in [0.15, 0.2) is 170 Å². The molecule has 3 heteroatoms. The lowest BCUT2D eigenvalue weighted by Crippen LogP contribution is -1.95. The number of nitrogens with zero attached hydrogens (tertiary/aromatic N) is 2. The number of unbranched alkanes of at least 4 members (excludes halogenated alkanes) is 4. The van der Waals surface area contributed by atoms with E-state index in [1.54, 1.807) is 7.11 Å². The normalized spacial score (nSPS) is 11.7. The second-order valence-corrected chi connectivity index (χ2v) is 17.3. The first-order valence-electron chi connectivity index (χ1n) is 23.1. The number of aryl methyl sites for hydroxylation is 3. The molecule has 63 heavy (non-hydrogen) atoms. The molecule has 0 radical (unpaired) electrons. The minimum Gasteiger partial charge on any atom is -0.497 e. The van der Waals surface area contributed by atoms with Crippen molar-refractivity contribution >= 4 is 43.6 Å². The number of hydrogen-bond donors (Lipinski definition) is 0. The summed E-state index contributed by atoms with van der Waals surface area (Å²) in [6, 6.07) is 63.6. The standard InChI is InChI=1S/C60H56N2O/c1-5-7-9-17-42-28-32-44(33-29-42)61-55-37-27-41(3)39-53(55)59-51(23-15-25-57(59)61)49-21-13-11-19-47(49)48-20-12-14-22-50(48)52-24-16-26-58-60(52)54-40-46(63-4)36-38-56(54)62(58)45-34-30-43(31-35-45)18-10-8-6-2/h11-16,19-40H,5-10,17-18H2,1-4H3. The fourth-order valence-electron chi connectivity index (χ4n) is 10.1. The van der Waals surface area contributed by atoms with Gasteiger partial charge in [0.15, 0.2) is 0 Å². The second kappa shape index (κ2) is 17.5. The molecule has 10 aromatic rings. The maximum Gasteiger partial charge on any atom is 0.119 e. The lowest BCUT2D eigenvalue weighted by atomic mass is 9.87. The van der Waals surface area contributed by atoms with E-state index in [4.69, 9.17) is 4.74 Å². The summed E-state index contributed by atoms with van der Waals surface area (Å²) in [4.78, 5) is 0. The molecule has 0 unspecified atom stereocenters. The monoisotopic (exact) mass is 820 g/mol. The van der Waals surface area contributed by atoms with Crippen molar-refractivity contribution in [3.05, 3.63) is 187 Å². The van der Waals surface area contributed by atoms with Gasteiger partial charge >= 0.3 is 0 Å². The van der Waals surface area contributed by atoms with Gasteiger partial charge in [0.2, 0.25) is 0 Å². The molecule has 0 bridgehead atoms. The summed E-state index contributed by atoms with van der Waals surface area (Å²) >= 11 is 0. The van der Waals surface area contributed by atoms with Gasteiger partial charge in [0, 0.05) is 32.9 Å². The first kappa shape index (κ1) is 40.2. The van der Waals surface area contributed by atoms with Gasteiger partial charge in [0.05, 0.1) is 29.2 Å². The van der Waals surface area contributed by atoms with Gasteiger partial charge in [-0.3, -0.25) is 0 Å². The lowest BCUT2D eigenvalue weighted by molar-refractivity contribution is 0.415. The van der Waals surface area contributed by atoms with Crippen molar-refractivity contribution in [1.82, 2.24) is 9.13 Å². The molecule has 8 aromatic carbocycles. The van der Waals surface area contributed by atoms with Gasteiger partial charge in [0.1, 0.15) is 5.75 Å². The second-order valence-electron chi connectivity index (χ2n) is 17.3. The van der Waals surface area contributed by atoms with Gasteiger partial charge in [-0.1, -0.05) is 148 Å². The van der Waals surface area contributed by atoms with Crippen LogP contribution in [0.1, 0.15) is 69.1 Å². The largest absolute Gasteiger partial charge is 0.497 e. The van der Waals surface area contributed by atoms with Crippen molar-refractivity contribution in [2.75, 3.05) is 7.11 Å². The Hall–Kier alpha value is -6.84. The molecule has 3 nitrogen and oxygen atoms in total. The molecular weight excluding hydrogens is 765 g/mol. The summed E-state index contributed by atoms with van der Waals surface area (Å²) in [5, 5.41) is 4.95. The molecule has 0 N–H and O–H groups in total. The Morgan fingerprint density at radius 2 is 0.825 bits per heavy atom. The molecule has 0 saturated heterocycles. The molecule has 0 aliphatic rings. The smallest absolute Gasteiger partial charge is 0.119 e. The van der Waals surface area contributed by atoms with E-state index in [2.05, 4.69) is 200 Å². The average Bonchev–Trinajstić information content (AvgIpc) is 3.84. The van der Waals surface area contributed by atoms with Crippen molar-refractivity contribution in [2.24, 2.45) is 0 Å². The van der Waals surface area contributed by atoms with Crippen LogP contribution < -0.4 is 4.74 Å². The molecule has 0 saturated carbocycles. The Labute approximate surface area is 372 Å². The molecule has 0 spiro atoms. The first-order chi connectivity index (χ1) is 31.1. The van der Waals surface area contributed by atoms with Gasteiger partial charge < -0.3 is 13.9 Å². The van der Waals surface area contributed by atoms with Crippen LogP contribution in [0.3, 0.4) is 0 Å². The third-order valence-corrected chi connectivity index (χ3v) is 13.2. The molecule has 312 valence electrons. The summed E-state index contributed by atoms with van der Waals surface area (Å²) in [6.07, 6.45) is 9.70. The zero-order valence-electron chi connectivity index (χ0n) is 37.1. The molecule has 0 atom stereocenters. The molecule has 0 aliphatic carbocycles. The van der Waals surface area contributed by atoms with E-state index in [0.29, 0.717) is 0 Å². The molecule has 10 rings (SSSR count). The predicted molar refractivity (Wildman–Crippen MR) is 269 cm³/mol. The van der Waals surface area contributed by atoms with E-state index in [9.17, 15) is 0 Å². The zero-order chi connectivity index (χ0) is 42.9. The van der Waals surface area contributed by atoms with Crippen molar-refractivity contribution in [3.63, 3.8) is 0 Å². The van der Waals surface area contributed by atoms with Gasteiger partial charge in [-0.25, -0.2) is 0 Å². The Balaban J connectivity index is 1.15. The molecule has 2 heterocycles. The van der Waals surface area contributed by atoms with Crippen LogP contribution in [0.2, 0.25) is 0 Å². The highest BCUT2D eigenvalue weighted by atomic mass is 16.5. The fourth-order valence-corrected chi connectivity index (χ4v) is 10.1. The highest BCUT2D eigenvalue weighted by Crippen LogP contribution is 2.46. The molecular formula is C60H56N2O. The number of ether oxygens (including phenoxy) is 1. The third-order valence-electron chi connectivity index (χ3n) is 13.2. The summed E-state index contributed by atoms with van der Waals surface area (Å²) in [7, 11) is 1.76. The number of methoxy groups -OCH3 is 1. The van der Waals surface area contributed by atoms with E-state index in [1.807, 2.05) is 0 Å². The van der Waals surface area contributed by atoms with Crippen molar-refractivity contribution in [2.45, 2.75) is 72.1 Å². The Kier molecular flexibility index (Phi) is 11.2. The van der Waals surface area contributed by atoms with Crippen LogP contribution in [-0.4, -0.2) is 16.2 Å². The average molecular weight is 821 g/mol. The maximum atomic E-state index is 5.87. The van der Waals surface area contributed by atoms with E-state index in [0.717, 1.165) is 18.6 Å². The SMILES string of the molecule is CCCCCc1ccc(-n2c3ccc(C)cc3c3c(-c4ccccc4-c4ccccc4-c4cccc5c4c4cc(OC)ccc4n5-c4ccc(CCCCC)cc4)cccc32)cc1. The zero-order valence-corrected chi connectivity index (χ0v) is 37.1. The van der Waals surface area contributed by atoms with Crippen LogP contribution in [0.4, 0.5) is 0 Å². The van der Waals surface area contributed by atoms with E-state index in [-0.39, 0.29) is 0 Å². The van der Waals surface area contributed by atoms with E-state index < -0.39 is 0 Å². The van der Waals surface area contributed by atoms with Gasteiger partial charge in [-0.05, 0) is 144 Å². The molecule has 0 aliphatic heterocycles. The number of fused-ring (bicyclic) bond motifs is 6. The lowest BCUT2D eigenvalue weighted by Gasteiger charge is -2.17. The predicted octanol–water partition coefficient (Wildman–Crippen LogP) is 16.7. The van der Waals surface area contributed by atoms with Crippen molar-refractivity contribution < 1.29 is 4.74 Å². The maximum absolute atomic E-state index is 5.87. The Morgan fingerprint density at radius 3 is 1.29 bits per heavy atom. The van der Waals surface area contributed by atoms with E-state index in [1.165, 1.54) is 144 Å². The quantitative estimate of drug-likeness (QED) is 0.100. The van der Waals surface area contributed by atoms with Crippen LogP contribution in [-0.2, 0) is 12.8 Å². The highest BCUT2D eigenvalue weighted by molar-refractivity contribution is 6.19. The number of rotatable bonds is 14. The summed E-state index contributed by atoms with van der Waals surface area (Å²) in [6.45, 7) is 6.74. The van der Waals surface area contributed by atoms with Crippen LogP contribution in [0, 0.1) is 6.92 Å². The number of aromatic nitrogens is 2. The first-order valence-corrected chi connectivity index (χ1v) is 23.1. The summed E-state index contributed by atoms with van der Waals surface area (Å²) < 4.78 is 10.8. The minimum atomic E-state index is 0.853. The van der Waals surface area contributed by atoms with Crippen molar-refractivity contribution in [1.29, 1.82) is 0 Å². The number of benzene rings is 8. The van der Waals surface area contributed by atoms with E-state index >= 15 is 0 Å². The van der Waals surface area contributed by atoms with Gasteiger partial charge in [-0.15, -0.1) is 0 Å². The van der Waals surface area contributed by atoms with Crippen LogP contribution >= 0.6 is 0 Å². The Morgan fingerprint density at radius 1 is 0.397 bits per heavy atom. The number of hydrogen-bond acceptors (Lipinski definition) is 1. The molecule has 0 amide bonds. The summed E-state index contributed by atoms with van der Waals surface area (Å²) in [5.74, 6) is 0.853. The Bertz CT molecular complexity index is 3240. The fraction of sp³-hybridized carbons (Fsp3) is 0.200. The van der Waals surface area contributed by atoms with Crippen LogP contribution in [0.25, 0.3) is 88.4 Å². The summed E-state index contributed by atoms with van der Waals surface area (Å²) in [5.41, 5.74) is 18.5. The van der Waals surface area contributed by atoms with Gasteiger partial charge in [-0.2, -0.15) is 0 Å². The van der Waals surface area contributed by atoms with Crippen LogP contribution in [0.5, 0.6) is 5.75 Å². The van der Waals surface area contributed by atoms with Gasteiger partial charge in [0.25, 0.3) is 0 Å².